The number of hydrogen-bond donors (Lipinski definition) is 1. The molecular weight excluding hydrogens is 509 g/mol. The van der Waals surface area contributed by atoms with Crippen LogP contribution in [0, 0.1) is 0 Å². The highest BCUT2D eigenvalue weighted by molar-refractivity contribution is 6.76. The number of amides is 1. The number of benzene rings is 3. The van der Waals surface area contributed by atoms with Crippen molar-refractivity contribution in [1.82, 2.24) is 14.8 Å². The Kier molecular flexibility index (Phi) is 7.84. The second-order valence-electron chi connectivity index (χ2n) is 10.1. The van der Waals surface area contributed by atoms with Crippen molar-refractivity contribution < 1.29 is 22.7 Å². The molecule has 0 unspecified atom stereocenters. The van der Waals surface area contributed by atoms with Gasteiger partial charge in [0.15, 0.2) is 5.82 Å². The van der Waals surface area contributed by atoms with Gasteiger partial charge in [0.1, 0.15) is 6.73 Å². The van der Waals surface area contributed by atoms with Gasteiger partial charge in [-0.15, -0.1) is 5.10 Å². The Morgan fingerprint density at radius 2 is 1.55 bits per heavy atom. The van der Waals surface area contributed by atoms with Crippen molar-refractivity contribution in [2.45, 2.75) is 38.6 Å². The quantitative estimate of drug-likeness (QED) is 0.190. The summed E-state index contributed by atoms with van der Waals surface area (Å²) in [6.45, 7) is 7.12. The van der Waals surface area contributed by atoms with E-state index >= 15 is 0 Å². The molecule has 0 atom stereocenters. The minimum atomic E-state index is -4.59. The molecule has 0 aliphatic carbocycles. The molecule has 0 bridgehead atoms. The molecule has 2 N–H and O–H groups in total. The van der Waals surface area contributed by atoms with Crippen molar-refractivity contribution in [3.63, 3.8) is 0 Å². The minimum absolute atomic E-state index is 0.00993. The number of carbonyl (C=O) groups is 1. The van der Waals surface area contributed by atoms with E-state index < -0.39 is 25.7 Å². The van der Waals surface area contributed by atoms with Gasteiger partial charge in [0, 0.05) is 25.8 Å². The molecule has 1 heterocycles. The van der Waals surface area contributed by atoms with Gasteiger partial charge in [-0.1, -0.05) is 86.4 Å². The Labute approximate surface area is 220 Å². The Bertz CT molecular complexity index is 1430. The fourth-order valence-electron chi connectivity index (χ4n) is 4.10. The molecule has 10 heteroatoms. The lowest BCUT2D eigenvalue weighted by molar-refractivity contribution is -0.137. The third kappa shape index (κ3) is 6.20. The number of halogens is 3. The molecule has 1 amide bonds. The van der Waals surface area contributed by atoms with Crippen LogP contribution in [-0.2, 0) is 17.6 Å². The predicted molar refractivity (Wildman–Crippen MR) is 144 cm³/mol. The van der Waals surface area contributed by atoms with Gasteiger partial charge in [0.05, 0.1) is 5.56 Å². The van der Waals surface area contributed by atoms with Crippen LogP contribution >= 0.6 is 0 Å². The molecule has 198 valence electrons. The van der Waals surface area contributed by atoms with Crippen LogP contribution in [0.4, 0.5) is 13.2 Å². The summed E-state index contributed by atoms with van der Waals surface area (Å²) in [5, 5.41) is 4.22. The van der Waals surface area contributed by atoms with Crippen LogP contribution in [-0.4, -0.2) is 35.4 Å². The fraction of sp³-hybridized carbons (Fsp3) is 0.250. The maximum absolute atomic E-state index is 14.2. The molecule has 3 aromatic carbocycles. The molecule has 0 fully saturated rings. The summed E-state index contributed by atoms with van der Waals surface area (Å²) in [4.78, 5) is 16.3. The van der Waals surface area contributed by atoms with Crippen LogP contribution in [0.2, 0.25) is 25.7 Å². The molecule has 0 spiro atoms. The minimum Gasteiger partial charge on any atom is -0.363 e. The van der Waals surface area contributed by atoms with Gasteiger partial charge in [-0.2, -0.15) is 13.2 Å². The first kappa shape index (κ1) is 27.3. The number of nitrogens with zero attached hydrogens (tertiary/aromatic N) is 3. The van der Waals surface area contributed by atoms with E-state index in [9.17, 15) is 18.0 Å². The van der Waals surface area contributed by atoms with Gasteiger partial charge >= 0.3 is 6.18 Å². The molecule has 0 saturated carbocycles. The van der Waals surface area contributed by atoms with Crippen LogP contribution < -0.4 is 5.73 Å². The number of primary amides is 1. The zero-order chi connectivity index (χ0) is 27.5. The summed E-state index contributed by atoms with van der Waals surface area (Å²) >= 11 is 0. The molecule has 1 aromatic heterocycles. The maximum atomic E-state index is 14.2. The normalized spacial score (nSPS) is 12.1. The molecule has 4 rings (SSSR count). The van der Waals surface area contributed by atoms with Crippen molar-refractivity contribution in [1.29, 1.82) is 0 Å². The zero-order valence-corrected chi connectivity index (χ0v) is 22.4. The maximum Gasteiger partial charge on any atom is 0.417 e. The number of aromatic nitrogens is 3. The van der Waals surface area contributed by atoms with Gasteiger partial charge < -0.3 is 10.5 Å². The Hall–Kier alpha value is -3.76. The number of alkyl halides is 3. The number of nitrogens with two attached hydrogens (primary N) is 1. The Morgan fingerprint density at radius 3 is 2.21 bits per heavy atom. The van der Waals surface area contributed by atoms with E-state index in [0.29, 0.717) is 23.3 Å². The smallest absolute Gasteiger partial charge is 0.363 e. The Balaban J connectivity index is 1.94. The van der Waals surface area contributed by atoms with Crippen molar-refractivity contribution in [3.05, 3.63) is 84.2 Å². The first-order valence-electron chi connectivity index (χ1n) is 12.1. The largest absolute Gasteiger partial charge is 0.417 e. The average molecular weight is 539 g/mol. The van der Waals surface area contributed by atoms with Gasteiger partial charge in [-0.3, -0.25) is 4.79 Å². The summed E-state index contributed by atoms with van der Waals surface area (Å²) in [5.41, 5.74) is 6.68. The summed E-state index contributed by atoms with van der Waals surface area (Å²) in [5.74, 6) is -0.894. The second kappa shape index (κ2) is 10.9. The van der Waals surface area contributed by atoms with Crippen LogP contribution in [0.1, 0.15) is 16.2 Å². The van der Waals surface area contributed by atoms with Crippen molar-refractivity contribution >= 4 is 14.0 Å². The van der Waals surface area contributed by atoms with Gasteiger partial charge in [0.2, 0.25) is 5.82 Å². The van der Waals surface area contributed by atoms with Crippen molar-refractivity contribution in [3.8, 4) is 33.6 Å². The molecule has 38 heavy (non-hydrogen) atoms. The predicted octanol–water partition coefficient (Wildman–Crippen LogP) is 6.71. The lowest BCUT2D eigenvalue weighted by atomic mass is 9.87. The van der Waals surface area contributed by atoms with E-state index in [2.05, 4.69) is 29.7 Å². The topological polar surface area (TPSA) is 83.0 Å². The van der Waals surface area contributed by atoms with Crippen LogP contribution in [0.25, 0.3) is 33.6 Å². The fourth-order valence-corrected chi connectivity index (χ4v) is 4.86. The molecule has 0 radical (unpaired) electrons. The molecule has 0 aliphatic heterocycles. The third-order valence-electron chi connectivity index (χ3n) is 5.99. The highest BCUT2D eigenvalue weighted by Gasteiger charge is 2.35. The summed E-state index contributed by atoms with van der Waals surface area (Å²) in [6.07, 6.45) is -4.59. The zero-order valence-electron chi connectivity index (χ0n) is 21.4. The molecule has 0 aliphatic rings. The van der Waals surface area contributed by atoms with E-state index in [-0.39, 0.29) is 23.9 Å². The first-order valence-corrected chi connectivity index (χ1v) is 15.8. The number of ether oxygens (including phenoxy) is 1. The van der Waals surface area contributed by atoms with Gasteiger partial charge in [-0.05, 0) is 28.8 Å². The lowest BCUT2D eigenvalue weighted by Gasteiger charge is -2.20. The molecular formula is C28H29F3N4O2Si. The highest BCUT2D eigenvalue weighted by Crippen LogP contribution is 2.44. The molecule has 0 saturated heterocycles. The number of carbonyl (C=O) groups excluding carboxylic acids is 1. The van der Waals surface area contributed by atoms with Crippen molar-refractivity contribution in [2.24, 2.45) is 5.73 Å². The lowest BCUT2D eigenvalue weighted by Crippen LogP contribution is -2.22. The summed E-state index contributed by atoms with van der Waals surface area (Å²) in [6, 6.07) is 20.6. The van der Waals surface area contributed by atoms with Crippen LogP contribution in [0.5, 0.6) is 0 Å². The van der Waals surface area contributed by atoms with Gasteiger partial charge in [-0.25, -0.2) is 9.67 Å². The Morgan fingerprint density at radius 1 is 0.921 bits per heavy atom. The second-order valence-corrected chi connectivity index (χ2v) is 15.7. The van der Waals surface area contributed by atoms with E-state index in [1.807, 2.05) is 30.3 Å². The standard InChI is InChI=1S/C28H29F3N4O2Si/c1-38(2,3)17-16-37-18-35-27(33-26(34-35)25(32)36)22-14-9-13-20(19-10-5-4-6-11-19)24(22)21-12-7-8-15-23(21)28(29,30)31/h4-15H,16-18H2,1-3H3,(H2,32,36). The molecule has 6 nitrogen and oxygen atoms in total. The van der Waals surface area contributed by atoms with E-state index in [1.165, 1.54) is 16.8 Å². The van der Waals surface area contributed by atoms with Gasteiger partial charge in [0.25, 0.3) is 5.91 Å². The SMILES string of the molecule is C[Si](C)(C)CCOCn1nc(C(N)=O)nc1-c1cccc(-c2ccccc2)c1-c1ccccc1C(F)(F)F. The molecule has 4 aromatic rings. The highest BCUT2D eigenvalue weighted by atomic mass is 28.3. The van der Waals surface area contributed by atoms with E-state index in [4.69, 9.17) is 10.5 Å². The van der Waals surface area contributed by atoms with Crippen molar-refractivity contribution in [2.75, 3.05) is 6.61 Å². The van der Waals surface area contributed by atoms with Crippen LogP contribution in [0.15, 0.2) is 72.8 Å². The summed E-state index contributed by atoms with van der Waals surface area (Å²) < 4.78 is 49.8. The monoisotopic (exact) mass is 538 g/mol. The van der Waals surface area contributed by atoms with E-state index in [1.54, 1.807) is 24.3 Å². The third-order valence-corrected chi connectivity index (χ3v) is 7.70. The first-order chi connectivity index (χ1) is 18.0. The number of rotatable bonds is 9. The van der Waals surface area contributed by atoms with Crippen LogP contribution in [0.3, 0.4) is 0 Å². The van der Waals surface area contributed by atoms with E-state index in [0.717, 1.165) is 17.7 Å². The number of hydrogen-bond acceptors (Lipinski definition) is 4. The average Bonchev–Trinajstić information content (AvgIpc) is 3.30. The summed E-state index contributed by atoms with van der Waals surface area (Å²) in [7, 11) is -1.36.